The smallest absolute Gasteiger partial charge is 0.229 e. The van der Waals surface area contributed by atoms with E-state index in [9.17, 15) is 0 Å². The van der Waals surface area contributed by atoms with Gasteiger partial charge in [-0.2, -0.15) is 9.61 Å². The van der Waals surface area contributed by atoms with Crippen LogP contribution in [-0.2, 0) is 11.3 Å². The molecule has 194 valence electrons. The molecule has 1 fully saturated rings. The molecule has 0 aliphatic heterocycles. The fraction of sp³-hybridized carbons (Fsp3) is 0.393. The minimum atomic E-state index is -0.693. The topological polar surface area (TPSA) is 90.4 Å². The molecule has 3 aromatic heterocycles. The van der Waals surface area contributed by atoms with Gasteiger partial charge in [-0.05, 0) is 86.4 Å². The third-order valence-electron chi connectivity index (χ3n) is 6.85. The van der Waals surface area contributed by atoms with Crippen molar-refractivity contribution in [2.45, 2.75) is 64.7 Å². The second kappa shape index (κ2) is 10.5. The highest BCUT2D eigenvalue weighted by atomic mass is 19.1. The van der Waals surface area contributed by atoms with Crippen LogP contribution in [0.5, 0.6) is 0 Å². The van der Waals surface area contributed by atoms with Gasteiger partial charge in [0.25, 0.3) is 0 Å². The maximum atomic E-state index is 15.0. The third kappa shape index (κ3) is 5.47. The number of aromatic nitrogens is 4. The largest absolute Gasteiger partial charge is 0.374 e. The Balaban J connectivity index is 1.46. The Morgan fingerprint density at radius 3 is 2.62 bits per heavy atom. The summed E-state index contributed by atoms with van der Waals surface area (Å²) < 4.78 is 37.1. The average Bonchev–Trinajstić information content (AvgIpc) is 3.24. The van der Waals surface area contributed by atoms with Crippen LogP contribution >= 0.6 is 0 Å². The molecule has 0 bridgehead atoms. The van der Waals surface area contributed by atoms with Gasteiger partial charge in [-0.25, -0.2) is 13.8 Å². The van der Waals surface area contributed by atoms with Gasteiger partial charge in [-0.1, -0.05) is 6.92 Å². The van der Waals surface area contributed by atoms with E-state index in [1.807, 2.05) is 19.9 Å². The zero-order valence-corrected chi connectivity index (χ0v) is 21.3. The lowest BCUT2D eigenvalue weighted by atomic mass is 9.76. The van der Waals surface area contributed by atoms with E-state index in [1.54, 1.807) is 35.2 Å². The van der Waals surface area contributed by atoms with Gasteiger partial charge in [-0.15, -0.1) is 0 Å². The third-order valence-corrected chi connectivity index (χ3v) is 6.85. The van der Waals surface area contributed by atoms with Gasteiger partial charge >= 0.3 is 0 Å². The fourth-order valence-electron chi connectivity index (χ4n) is 5.21. The molecule has 3 heterocycles. The Morgan fingerprint density at radius 1 is 1.11 bits per heavy atom. The van der Waals surface area contributed by atoms with Gasteiger partial charge in [-0.3, -0.25) is 4.98 Å². The molecule has 0 spiro atoms. The molecule has 0 amide bonds. The van der Waals surface area contributed by atoms with Crippen molar-refractivity contribution in [3.63, 3.8) is 0 Å². The first-order chi connectivity index (χ1) is 17.8. The molecule has 0 radical (unpaired) electrons. The number of nitrogens with one attached hydrogen (secondary N) is 1. The molecule has 9 heteroatoms. The summed E-state index contributed by atoms with van der Waals surface area (Å²) in [6, 6.07) is 8.09. The van der Waals surface area contributed by atoms with Crippen LogP contribution in [0.2, 0.25) is 0 Å². The van der Waals surface area contributed by atoms with Gasteiger partial charge in [0.1, 0.15) is 11.6 Å². The number of fused-ring (bicyclic) bond motifs is 1. The first-order valence-electron chi connectivity index (χ1n) is 12.7. The first-order valence-corrected chi connectivity index (χ1v) is 12.7. The number of hydrogen-bond acceptors (Lipinski definition) is 6. The quantitative estimate of drug-likeness (QED) is 0.321. The molecule has 7 nitrogen and oxygen atoms in total. The number of hydrogen-bond donors (Lipinski definition) is 2. The Kier molecular flexibility index (Phi) is 7.17. The maximum absolute atomic E-state index is 15.0. The second-order valence-electron chi connectivity index (χ2n) is 10.3. The summed E-state index contributed by atoms with van der Waals surface area (Å²) in [7, 11) is 0. The predicted molar refractivity (Wildman–Crippen MR) is 140 cm³/mol. The number of imidazole rings is 1. The summed E-state index contributed by atoms with van der Waals surface area (Å²) in [5.74, 6) is -0.107. The fourth-order valence-corrected chi connectivity index (χ4v) is 5.21. The summed E-state index contributed by atoms with van der Waals surface area (Å²) >= 11 is 0. The normalized spacial score (nSPS) is 20.0. The Labute approximate surface area is 215 Å². The van der Waals surface area contributed by atoms with Crippen LogP contribution in [-0.4, -0.2) is 31.7 Å². The van der Waals surface area contributed by atoms with Crippen LogP contribution in [0.25, 0.3) is 16.8 Å². The van der Waals surface area contributed by atoms with Crippen LogP contribution in [0.4, 0.5) is 20.4 Å². The van der Waals surface area contributed by atoms with Crippen molar-refractivity contribution < 1.29 is 13.5 Å². The lowest BCUT2D eigenvalue weighted by Gasteiger charge is -2.32. The summed E-state index contributed by atoms with van der Waals surface area (Å²) in [6.07, 6.45) is 8.15. The number of benzene rings is 1. The maximum Gasteiger partial charge on any atom is 0.229 e. The van der Waals surface area contributed by atoms with Crippen LogP contribution in [0, 0.1) is 17.6 Å². The van der Waals surface area contributed by atoms with E-state index in [0.717, 1.165) is 30.5 Å². The molecular weight excluding hydrogens is 474 g/mol. The number of ether oxygens (including phenoxy) is 1. The van der Waals surface area contributed by atoms with Crippen molar-refractivity contribution >= 4 is 17.2 Å². The highest BCUT2D eigenvalue weighted by molar-refractivity contribution is 5.66. The SMILES string of the molecule is CC1CC(N)CC(c2ccncc2Nc2ncc3ccc(-c4c(F)cc(COC(C)C)cc4F)nn23)C1. The van der Waals surface area contributed by atoms with E-state index >= 15 is 8.78 Å². The number of nitrogens with zero attached hydrogens (tertiary/aromatic N) is 4. The standard InChI is InChI=1S/C28H32F2N6O/c1-16(2)37-15-18-10-23(29)27(24(30)11-18)25-5-4-21-13-33-28(36(21)35-25)34-26-14-32-7-6-22(26)19-8-17(3)9-20(31)12-19/h4-7,10-11,13-14,16-17,19-20H,8-9,12,15,31H2,1-3H3,(H,33,34). The van der Waals surface area contributed by atoms with Crippen molar-refractivity contribution in [3.8, 4) is 11.3 Å². The van der Waals surface area contributed by atoms with Crippen molar-refractivity contribution in [1.82, 2.24) is 19.6 Å². The molecule has 1 aliphatic rings. The van der Waals surface area contributed by atoms with E-state index in [2.05, 4.69) is 27.3 Å². The first kappa shape index (κ1) is 25.2. The van der Waals surface area contributed by atoms with Crippen LogP contribution in [0.3, 0.4) is 0 Å². The lowest BCUT2D eigenvalue weighted by Crippen LogP contribution is -2.31. The summed E-state index contributed by atoms with van der Waals surface area (Å²) in [4.78, 5) is 8.77. The molecule has 37 heavy (non-hydrogen) atoms. The number of pyridine rings is 1. The van der Waals surface area contributed by atoms with Gasteiger partial charge in [0.05, 0.1) is 47.6 Å². The minimum absolute atomic E-state index is 0.0411. The van der Waals surface area contributed by atoms with Gasteiger partial charge in [0.2, 0.25) is 5.95 Å². The number of anilines is 2. The molecule has 1 saturated carbocycles. The monoisotopic (exact) mass is 506 g/mol. The van der Waals surface area contributed by atoms with Crippen molar-refractivity contribution in [3.05, 3.63) is 71.7 Å². The highest BCUT2D eigenvalue weighted by Gasteiger charge is 2.27. The van der Waals surface area contributed by atoms with Crippen LogP contribution in [0.1, 0.15) is 57.1 Å². The molecule has 3 unspecified atom stereocenters. The molecule has 1 aromatic carbocycles. The Hall–Kier alpha value is -3.43. The van der Waals surface area contributed by atoms with Gasteiger partial charge in [0, 0.05) is 12.2 Å². The molecular formula is C28H32F2N6O. The Bertz CT molecular complexity index is 1370. The van der Waals surface area contributed by atoms with Crippen molar-refractivity contribution in [1.29, 1.82) is 0 Å². The minimum Gasteiger partial charge on any atom is -0.374 e. The van der Waals surface area contributed by atoms with E-state index < -0.39 is 11.6 Å². The van der Waals surface area contributed by atoms with Crippen molar-refractivity contribution in [2.24, 2.45) is 11.7 Å². The summed E-state index contributed by atoms with van der Waals surface area (Å²) in [5.41, 5.74) is 9.35. The molecule has 3 atom stereocenters. The second-order valence-corrected chi connectivity index (χ2v) is 10.3. The van der Waals surface area contributed by atoms with E-state index in [-0.39, 0.29) is 30.0 Å². The molecule has 0 saturated heterocycles. The highest BCUT2D eigenvalue weighted by Crippen LogP contribution is 2.39. The number of nitrogens with two attached hydrogens (primary N) is 1. The van der Waals surface area contributed by atoms with Gasteiger partial charge < -0.3 is 15.8 Å². The van der Waals surface area contributed by atoms with Crippen LogP contribution in [0.15, 0.2) is 48.9 Å². The lowest BCUT2D eigenvalue weighted by molar-refractivity contribution is 0.0654. The number of rotatable bonds is 7. The summed E-state index contributed by atoms with van der Waals surface area (Å²) in [5, 5.41) is 7.88. The predicted octanol–water partition coefficient (Wildman–Crippen LogP) is 5.97. The van der Waals surface area contributed by atoms with E-state index in [0.29, 0.717) is 28.9 Å². The Morgan fingerprint density at radius 2 is 1.89 bits per heavy atom. The van der Waals surface area contributed by atoms with Gasteiger partial charge in [0.15, 0.2) is 0 Å². The van der Waals surface area contributed by atoms with Crippen molar-refractivity contribution in [2.75, 3.05) is 5.32 Å². The zero-order chi connectivity index (χ0) is 26.1. The molecule has 1 aliphatic carbocycles. The summed E-state index contributed by atoms with van der Waals surface area (Å²) in [6.45, 7) is 6.11. The zero-order valence-electron chi connectivity index (χ0n) is 21.3. The number of halogens is 2. The van der Waals surface area contributed by atoms with E-state index in [1.165, 1.54) is 12.1 Å². The molecule has 3 N–H and O–H groups in total. The average molecular weight is 507 g/mol. The molecule has 5 rings (SSSR count). The van der Waals surface area contributed by atoms with E-state index in [4.69, 9.17) is 10.5 Å². The van der Waals surface area contributed by atoms with Crippen LogP contribution < -0.4 is 11.1 Å². The molecule has 4 aromatic rings.